The third kappa shape index (κ3) is 1.92. The van der Waals surface area contributed by atoms with Crippen molar-refractivity contribution in [2.75, 3.05) is 19.0 Å². The Bertz CT molecular complexity index is 469. The number of thiazole rings is 1. The van der Waals surface area contributed by atoms with Crippen LogP contribution in [0.3, 0.4) is 0 Å². The van der Waals surface area contributed by atoms with Gasteiger partial charge in [-0.25, -0.2) is 9.97 Å². The first-order valence-corrected chi connectivity index (χ1v) is 5.70. The fourth-order valence-electron chi connectivity index (χ4n) is 1.21. The first-order valence-electron chi connectivity index (χ1n) is 4.88. The summed E-state index contributed by atoms with van der Waals surface area (Å²) in [4.78, 5) is 15.2. The van der Waals surface area contributed by atoms with Crippen molar-refractivity contribution in [2.24, 2.45) is 0 Å². The van der Waals surface area contributed by atoms with Crippen LogP contribution in [0, 0.1) is 0 Å². The van der Waals surface area contributed by atoms with Crippen molar-refractivity contribution in [3.8, 4) is 0 Å². The zero-order valence-electron chi connectivity index (χ0n) is 9.35. The molecule has 0 saturated carbocycles. The number of anilines is 1. The van der Waals surface area contributed by atoms with Crippen molar-refractivity contribution < 1.29 is 0 Å². The normalized spacial score (nSPS) is 11.3. The third-order valence-corrected chi connectivity index (χ3v) is 3.20. The molecular formula is C10H14N4S. The van der Waals surface area contributed by atoms with Crippen molar-refractivity contribution in [3.05, 3.63) is 12.0 Å². The molecular weight excluding hydrogens is 208 g/mol. The van der Waals surface area contributed by atoms with Gasteiger partial charge in [0.25, 0.3) is 0 Å². The lowest BCUT2D eigenvalue weighted by atomic mass is 10.2. The van der Waals surface area contributed by atoms with Crippen molar-refractivity contribution in [3.63, 3.8) is 0 Å². The Morgan fingerprint density at radius 3 is 2.60 bits per heavy atom. The molecule has 0 radical (unpaired) electrons. The Kier molecular flexibility index (Phi) is 2.56. The number of aromatic nitrogens is 3. The maximum Gasteiger partial charge on any atom is 0.187 e. The van der Waals surface area contributed by atoms with E-state index in [2.05, 4.69) is 28.8 Å². The molecule has 2 heterocycles. The highest BCUT2D eigenvalue weighted by atomic mass is 32.1. The van der Waals surface area contributed by atoms with Crippen molar-refractivity contribution >= 4 is 26.8 Å². The lowest BCUT2D eigenvalue weighted by Crippen LogP contribution is -2.07. The smallest absolute Gasteiger partial charge is 0.187 e. The van der Waals surface area contributed by atoms with E-state index in [1.807, 2.05) is 25.2 Å². The summed E-state index contributed by atoms with van der Waals surface area (Å²) in [6, 6.07) is 0. The van der Waals surface area contributed by atoms with Gasteiger partial charge in [0.1, 0.15) is 5.82 Å². The monoisotopic (exact) mass is 222 g/mol. The van der Waals surface area contributed by atoms with Gasteiger partial charge in [0.2, 0.25) is 0 Å². The summed E-state index contributed by atoms with van der Waals surface area (Å²) in [7, 11) is 3.96. The molecule has 5 heteroatoms. The van der Waals surface area contributed by atoms with E-state index in [1.165, 1.54) is 0 Å². The van der Waals surface area contributed by atoms with Gasteiger partial charge in [-0.2, -0.15) is 4.98 Å². The SMILES string of the molecule is CC(C)c1ncc2sc(N(C)C)nc2n1. The Morgan fingerprint density at radius 1 is 1.27 bits per heavy atom. The minimum absolute atomic E-state index is 0.346. The third-order valence-electron chi connectivity index (χ3n) is 2.06. The first-order chi connectivity index (χ1) is 7.08. The standard InChI is InChI=1S/C10H14N4S/c1-6(2)8-11-5-7-9(12-8)13-10(15-7)14(3)4/h5-6H,1-4H3. The van der Waals surface area contributed by atoms with Crippen LogP contribution in [-0.4, -0.2) is 29.0 Å². The molecule has 15 heavy (non-hydrogen) atoms. The molecule has 0 fully saturated rings. The maximum atomic E-state index is 4.45. The molecule has 80 valence electrons. The molecule has 2 rings (SSSR count). The fraction of sp³-hybridized carbons (Fsp3) is 0.500. The van der Waals surface area contributed by atoms with E-state index < -0.39 is 0 Å². The predicted molar refractivity (Wildman–Crippen MR) is 63.6 cm³/mol. The molecule has 0 bridgehead atoms. The van der Waals surface area contributed by atoms with Crippen LogP contribution >= 0.6 is 11.3 Å². The molecule has 0 unspecified atom stereocenters. The van der Waals surface area contributed by atoms with E-state index >= 15 is 0 Å². The molecule has 4 nitrogen and oxygen atoms in total. The average molecular weight is 222 g/mol. The van der Waals surface area contributed by atoms with Gasteiger partial charge >= 0.3 is 0 Å². The van der Waals surface area contributed by atoms with Gasteiger partial charge in [-0.3, -0.25) is 0 Å². The lowest BCUT2D eigenvalue weighted by molar-refractivity contribution is 0.781. The summed E-state index contributed by atoms with van der Waals surface area (Å²) in [5, 5.41) is 0.972. The van der Waals surface area contributed by atoms with Crippen LogP contribution in [0.25, 0.3) is 10.3 Å². The van der Waals surface area contributed by atoms with Crippen molar-refractivity contribution in [1.82, 2.24) is 15.0 Å². The summed E-state index contributed by atoms with van der Waals surface area (Å²) in [5.41, 5.74) is 0.808. The predicted octanol–water partition coefficient (Wildman–Crippen LogP) is 2.28. The largest absolute Gasteiger partial charge is 0.354 e. The van der Waals surface area contributed by atoms with Crippen molar-refractivity contribution in [2.45, 2.75) is 19.8 Å². The number of hydrogen-bond donors (Lipinski definition) is 0. The van der Waals surface area contributed by atoms with E-state index in [1.54, 1.807) is 11.3 Å². The molecule has 0 aliphatic heterocycles. The Hall–Kier alpha value is -1.23. The first kappa shape index (κ1) is 10.3. The highest BCUT2D eigenvalue weighted by Crippen LogP contribution is 2.26. The van der Waals surface area contributed by atoms with E-state index in [-0.39, 0.29) is 0 Å². The highest BCUT2D eigenvalue weighted by Gasteiger charge is 2.09. The molecule has 0 amide bonds. The van der Waals surface area contributed by atoms with E-state index in [0.717, 1.165) is 21.3 Å². The fourth-order valence-corrected chi connectivity index (χ4v) is 2.01. The van der Waals surface area contributed by atoms with Crippen LogP contribution in [0.2, 0.25) is 0 Å². The highest BCUT2D eigenvalue weighted by molar-refractivity contribution is 7.22. The molecule has 0 N–H and O–H groups in total. The van der Waals surface area contributed by atoms with Gasteiger partial charge in [0.05, 0.1) is 10.9 Å². The zero-order chi connectivity index (χ0) is 11.0. The Balaban J connectivity index is 2.52. The van der Waals surface area contributed by atoms with Crippen LogP contribution in [-0.2, 0) is 0 Å². The molecule has 2 aromatic heterocycles. The zero-order valence-corrected chi connectivity index (χ0v) is 10.2. The topological polar surface area (TPSA) is 41.9 Å². The second-order valence-electron chi connectivity index (χ2n) is 3.96. The van der Waals surface area contributed by atoms with E-state index in [9.17, 15) is 0 Å². The summed E-state index contributed by atoms with van der Waals surface area (Å²) in [6.07, 6.45) is 1.86. The van der Waals surface area contributed by atoms with Crippen LogP contribution < -0.4 is 4.90 Å². The molecule has 2 aromatic rings. The van der Waals surface area contributed by atoms with Gasteiger partial charge in [-0.15, -0.1) is 0 Å². The molecule has 0 aliphatic carbocycles. The summed E-state index contributed by atoms with van der Waals surface area (Å²) in [6.45, 7) is 4.17. The average Bonchev–Trinajstić information content (AvgIpc) is 2.59. The van der Waals surface area contributed by atoms with Gasteiger partial charge in [-0.05, 0) is 0 Å². The second kappa shape index (κ2) is 3.73. The number of rotatable bonds is 2. The van der Waals surface area contributed by atoms with Crippen LogP contribution in [0.15, 0.2) is 6.20 Å². The lowest BCUT2D eigenvalue weighted by Gasteiger charge is -2.04. The molecule has 0 atom stereocenters. The van der Waals surface area contributed by atoms with E-state index in [0.29, 0.717) is 5.92 Å². The van der Waals surface area contributed by atoms with Crippen LogP contribution in [0.4, 0.5) is 5.13 Å². The van der Waals surface area contributed by atoms with Gasteiger partial charge in [-0.1, -0.05) is 25.2 Å². The summed E-state index contributed by atoms with van der Waals surface area (Å²) in [5.74, 6) is 1.21. The van der Waals surface area contributed by atoms with Gasteiger partial charge in [0, 0.05) is 20.0 Å². The summed E-state index contributed by atoms with van der Waals surface area (Å²) < 4.78 is 1.04. The number of fused-ring (bicyclic) bond motifs is 1. The quantitative estimate of drug-likeness (QED) is 0.781. The maximum absolute atomic E-state index is 4.45. The van der Waals surface area contributed by atoms with Gasteiger partial charge < -0.3 is 4.90 Å². The Morgan fingerprint density at radius 2 is 2.00 bits per heavy atom. The second-order valence-corrected chi connectivity index (χ2v) is 4.97. The van der Waals surface area contributed by atoms with Crippen LogP contribution in [0.1, 0.15) is 25.6 Å². The molecule has 0 saturated heterocycles. The minimum Gasteiger partial charge on any atom is -0.354 e. The minimum atomic E-state index is 0.346. The van der Waals surface area contributed by atoms with Crippen LogP contribution in [0.5, 0.6) is 0 Å². The van der Waals surface area contributed by atoms with Crippen molar-refractivity contribution in [1.29, 1.82) is 0 Å². The summed E-state index contributed by atoms with van der Waals surface area (Å²) >= 11 is 1.62. The number of nitrogens with zero attached hydrogens (tertiary/aromatic N) is 4. The number of hydrogen-bond acceptors (Lipinski definition) is 5. The Labute approximate surface area is 93.0 Å². The van der Waals surface area contributed by atoms with Gasteiger partial charge in [0.15, 0.2) is 10.8 Å². The molecule has 0 spiro atoms. The van der Waals surface area contributed by atoms with E-state index in [4.69, 9.17) is 0 Å². The molecule has 0 aromatic carbocycles. The molecule has 0 aliphatic rings.